The van der Waals surface area contributed by atoms with Crippen LogP contribution in [-0.2, 0) is 9.53 Å². The van der Waals surface area contributed by atoms with Gasteiger partial charge in [0.1, 0.15) is 17.5 Å². The summed E-state index contributed by atoms with van der Waals surface area (Å²) in [5.41, 5.74) is 5.56. The number of ether oxygens (including phenoxy) is 1. The average Bonchev–Trinajstić information content (AvgIpc) is 2.16. The zero-order chi connectivity index (χ0) is 12.0. The molecule has 88 valence electrons. The van der Waals surface area contributed by atoms with Gasteiger partial charge in [-0.1, -0.05) is 0 Å². The molecule has 0 saturated heterocycles. The van der Waals surface area contributed by atoms with Gasteiger partial charge in [-0.05, 0) is 13.8 Å². The minimum Gasteiger partial charge on any atom is -0.466 e. The number of carbonyl (C=O) groups is 1. The van der Waals surface area contributed by atoms with Crippen LogP contribution in [-0.4, -0.2) is 29.1 Å². The molecule has 0 radical (unpaired) electrons. The van der Waals surface area contributed by atoms with Crippen molar-refractivity contribution in [3.05, 3.63) is 11.9 Å². The van der Waals surface area contributed by atoms with Crippen molar-refractivity contribution in [1.82, 2.24) is 9.97 Å². The van der Waals surface area contributed by atoms with E-state index in [0.717, 1.165) is 0 Å². The molecule has 1 aromatic heterocycles. The maximum Gasteiger partial charge on any atom is 0.307 e. The molecule has 6 heteroatoms. The second kappa shape index (κ2) is 5.89. The Morgan fingerprint density at radius 1 is 1.56 bits per heavy atom. The van der Waals surface area contributed by atoms with Gasteiger partial charge < -0.3 is 15.8 Å². The zero-order valence-corrected chi connectivity index (χ0v) is 9.49. The molecule has 1 rings (SSSR count). The fourth-order valence-electron chi connectivity index (χ4n) is 1.21. The quantitative estimate of drug-likeness (QED) is 0.717. The minimum atomic E-state index is -0.228. The van der Waals surface area contributed by atoms with E-state index in [4.69, 9.17) is 10.5 Å². The standard InChI is InChI=1S/C10H16N4O2/c1-3-16-10(15)4-5-12-9-6-8(11)13-7(2)14-9/h6H,3-5H2,1-2H3,(H3,11,12,13,14). The van der Waals surface area contributed by atoms with Crippen molar-refractivity contribution in [1.29, 1.82) is 0 Å². The molecule has 0 fully saturated rings. The van der Waals surface area contributed by atoms with Gasteiger partial charge in [0, 0.05) is 12.6 Å². The van der Waals surface area contributed by atoms with Gasteiger partial charge in [0.2, 0.25) is 0 Å². The summed E-state index contributed by atoms with van der Waals surface area (Å²) in [5.74, 6) is 1.40. The van der Waals surface area contributed by atoms with Crippen LogP contribution < -0.4 is 11.1 Å². The Bertz CT molecular complexity index is 348. The Kier molecular flexibility index (Phi) is 4.50. The highest BCUT2D eigenvalue weighted by Crippen LogP contribution is 2.07. The second-order valence-electron chi connectivity index (χ2n) is 3.21. The van der Waals surface area contributed by atoms with Gasteiger partial charge in [-0.15, -0.1) is 0 Å². The Hall–Kier alpha value is -1.85. The van der Waals surface area contributed by atoms with E-state index in [1.807, 2.05) is 0 Å². The SMILES string of the molecule is CCOC(=O)CCNc1cc(N)nc(C)n1. The number of aromatic nitrogens is 2. The predicted octanol–water partition coefficient (Wildman–Crippen LogP) is 0.732. The van der Waals surface area contributed by atoms with Crippen LogP contribution in [0.2, 0.25) is 0 Å². The molecule has 3 N–H and O–H groups in total. The summed E-state index contributed by atoms with van der Waals surface area (Å²) in [6.45, 7) is 4.40. The van der Waals surface area contributed by atoms with Crippen LogP contribution in [0.4, 0.5) is 11.6 Å². The molecule has 16 heavy (non-hydrogen) atoms. The van der Waals surface area contributed by atoms with E-state index >= 15 is 0 Å². The van der Waals surface area contributed by atoms with Gasteiger partial charge in [0.25, 0.3) is 0 Å². The summed E-state index contributed by atoms with van der Waals surface area (Å²) in [4.78, 5) is 19.1. The first-order chi connectivity index (χ1) is 7.61. The molecule has 0 bridgehead atoms. The van der Waals surface area contributed by atoms with E-state index in [1.165, 1.54) is 0 Å². The molecule has 1 aromatic rings. The van der Waals surface area contributed by atoms with Crippen molar-refractivity contribution in [3.8, 4) is 0 Å². The Morgan fingerprint density at radius 2 is 2.31 bits per heavy atom. The topological polar surface area (TPSA) is 90.1 Å². The van der Waals surface area contributed by atoms with E-state index < -0.39 is 0 Å². The van der Waals surface area contributed by atoms with E-state index in [0.29, 0.717) is 37.0 Å². The number of nitrogens with two attached hydrogens (primary N) is 1. The third kappa shape index (κ3) is 4.12. The van der Waals surface area contributed by atoms with E-state index in [2.05, 4.69) is 15.3 Å². The monoisotopic (exact) mass is 224 g/mol. The number of hydrogen-bond donors (Lipinski definition) is 2. The largest absolute Gasteiger partial charge is 0.466 e. The number of aryl methyl sites for hydroxylation is 1. The lowest BCUT2D eigenvalue weighted by Crippen LogP contribution is -2.12. The van der Waals surface area contributed by atoms with Crippen molar-refractivity contribution in [2.75, 3.05) is 24.2 Å². The van der Waals surface area contributed by atoms with Crippen molar-refractivity contribution >= 4 is 17.6 Å². The van der Waals surface area contributed by atoms with Crippen LogP contribution in [0.5, 0.6) is 0 Å². The second-order valence-corrected chi connectivity index (χ2v) is 3.21. The highest BCUT2D eigenvalue weighted by atomic mass is 16.5. The summed E-state index contributed by atoms with van der Waals surface area (Å²) in [7, 11) is 0. The van der Waals surface area contributed by atoms with E-state index in [9.17, 15) is 4.79 Å². The lowest BCUT2D eigenvalue weighted by atomic mass is 10.4. The average molecular weight is 224 g/mol. The van der Waals surface area contributed by atoms with Crippen molar-refractivity contribution in [3.63, 3.8) is 0 Å². The molecule has 0 saturated carbocycles. The first-order valence-electron chi connectivity index (χ1n) is 5.12. The van der Waals surface area contributed by atoms with Crippen LogP contribution in [0, 0.1) is 6.92 Å². The van der Waals surface area contributed by atoms with Gasteiger partial charge in [0.15, 0.2) is 0 Å². The summed E-state index contributed by atoms with van der Waals surface area (Å²) >= 11 is 0. The Morgan fingerprint density at radius 3 is 2.94 bits per heavy atom. The van der Waals surface area contributed by atoms with Gasteiger partial charge in [-0.25, -0.2) is 9.97 Å². The number of anilines is 2. The molecule has 1 heterocycles. The highest BCUT2D eigenvalue weighted by molar-refractivity contribution is 5.70. The molecular weight excluding hydrogens is 208 g/mol. The fraction of sp³-hybridized carbons (Fsp3) is 0.500. The van der Waals surface area contributed by atoms with Gasteiger partial charge in [-0.2, -0.15) is 0 Å². The van der Waals surface area contributed by atoms with Crippen LogP contribution in [0.15, 0.2) is 6.07 Å². The number of nitrogen functional groups attached to an aromatic ring is 1. The zero-order valence-electron chi connectivity index (χ0n) is 9.49. The van der Waals surface area contributed by atoms with Crippen LogP contribution in [0.25, 0.3) is 0 Å². The Labute approximate surface area is 94.2 Å². The maximum atomic E-state index is 11.0. The number of esters is 1. The molecule has 0 aliphatic carbocycles. The number of hydrogen-bond acceptors (Lipinski definition) is 6. The van der Waals surface area contributed by atoms with E-state index in [-0.39, 0.29) is 5.97 Å². The molecule has 0 aliphatic rings. The van der Waals surface area contributed by atoms with Gasteiger partial charge in [0.05, 0.1) is 13.0 Å². The smallest absolute Gasteiger partial charge is 0.307 e. The van der Waals surface area contributed by atoms with Crippen LogP contribution in [0.1, 0.15) is 19.2 Å². The number of nitrogens with one attached hydrogen (secondary N) is 1. The molecule has 0 aliphatic heterocycles. The van der Waals surface area contributed by atoms with Crippen molar-refractivity contribution in [2.45, 2.75) is 20.3 Å². The first kappa shape index (κ1) is 12.2. The third-order valence-corrected chi connectivity index (χ3v) is 1.80. The van der Waals surface area contributed by atoms with Gasteiger partial charge in [-0.3, -0.25) is 4.79 Å². The normalized spacial score (nSPS) is 9.88. The number of nitrogens with zero attached hydrogens (tertiary/aromatic N) is 2. The highest BCUT2D eigenvalue weighted by Gasteiger charge is 2.02. The summed E-state index contributed by atoms with van der Waals surface area (Å²) in [6.07, 6.45) is 0.302. The minimum absolute atomic E-state index is 0.228. The van der Waals surface area contributed by atoms with E-state index in [1.54, 1.807) is 19.9 Å². The molecule has 0 spiro atoms. The summed E-state index contributed by atoms with van der Waals surface area (Å²) < 4.78 is 4.79. The summed E-state index contributed by atoms with van der Waals surface area (Å²) in [6, 6.07) is 1.62. The molecule has 0 aromatic carbocycles. The number of carbonyl (C=O) groups excluding carboxylic acids is 1. The molecule has 0 unspecified atom stereocenters. The Balaban J connectivity index is 2.40. The predicted molar refractivity (Wildman–Crippen MR) is 60.9 cm³/mol. The van der Waals surface area contributed by atoms with Crippen molar-refractivity contribution in [2.24, 2.45) is 0 Å². The lowest BCUT2D eigenvalue weighted by molar-refractivity contribution is -0.142. The first-order valence-corrected chi connectivity index (χ1v) is 5.12. The maximum absolute atomic E-state index is 11.0. The summed E-state index contributed by atoms with van der Waals surface area (Å²) in [5, 5.41) is 2.98. The molecular formula is C10H16N4O2. The lowest BCUT2D eigenvalue weighted by Gasteiger charge is -2.06. The fourth-order valence-corrected chi connectivity index (χ4v) is 1.21. The van der Waals surface area contributed by atoms with Crippen molar-refractivity contribution < 1.29 is 9.53 Å². The van der Waals surface area contributed by atoms with Crippen LogP contribution >= 0.6 is 0 Å². The van der Waals surface area contributed by atoms with Gasteiger partial charge >= 0.3 is 5.97 Å². The molecule has 0 atom stereocenters. The molecule has 0 amide bonds. The molecule has 6 nitrogen and oxygen atoms in total. The van der Waals surface area contributed by atoms with Crippen LogP contribution in [0.3, 0.4) is 0 Å². The number of rotatable bonds is 5. The third-order valence-electron chi connectivity index (χ3n) is 1.80.